The van der Waals surface area contributed by atoms with Gasteiger partial charge in [-0.25, -0.2) is 0 Å². The maximum Gasteiger partial charge on any atom is 0.227 e. The number of para-hydroxylation sites is 1. The van der Waals surface area contributed by atoms with E-state index in [2.05, 4.69) is 31.0 Å². The molecular weight excluding hydrogens is 416 g/mol. The first-order valence-corrected chi connectivity index (χ1v) is 11.3. The Labute approximate surface area is 195 Å². The van der Waals surface area contributed by atoms with Gasteiger partial charge in [0.2, 0.25) is 11.8 Å². The zero-order valence-electron chi connectivity index (χ0n) is 19.7. The second-order valence-corrected chi connectivity index (χ2v) is 9.32. The van der Waals surface area contributed by atoms with Gasteiger partial charge in [0.25, 0.3) is 0 Å². The Morgan fingerprint density at radius 1 is 1.21 bits per heavy atom. The van der Waals surface area contributed by atoms with Gasteiger partial charge in [0.05, 0.1) is 12.5 Å². The Hall–Kier alpha value is -3.46. The minimum atomic E-state index is -0.371. The molecule has 172 valence electrons. The average Bonchev–Trinajstić information content (AvgIpc) is 3.31. The molecular formula is C27H30N2O4. The number of rotatable bonds is 5. The molecule has 1 saturated heterocycles. The molecule has 1 N–H and O–H groups in total. The zero-order valence-corrected chi connectivity index (χ0v) is 19.7. The molecule has 33 heavy (non-hydrogen) atoms. The lowest BCUT2D eigenvalue weighted by molar-refractivity contribution is -0.126. The van der Waals surface area contributed by atoms with Crippen molar-refractivity contribution < 1.29 is 19.1 Å². The van der Waals surface area contributed by atoms with Gasteiger partial charge in [-0.1, -0.05) is 30.0 Å². The van der Waals surface area contributed by atoms with Crippen LogP contribution in [0.25, 0.3) is 0 Å². The van der Waals surface area contributed by atoms with Crippen molar-refractivity contribution in [2.75, 3.05) is 24.6 Å². The van der Waals surface area contributed by atoms with Crippen molar-refractivity contribution in [3.8, 4) is 23.3 Å². The zero-order chi connectivity index (χ0) is 23.6. The van der Waals surface area contributed by atoms with E-state index in [1.165, 1.54) is 5.56 Å². The van der Waals surface area contributed by atoms with Gasteiger partial charge in [-0.2, -0.15) is 0 Å². The average molecular weight is 447 g/mol. The summed E-state index contributed by atoms with van der Waals surface area (Å²) >= 11 is 0. The predicted octanol–water partition coefficient (Wildman–Crippen LogP) is 3.57. The molecule has 0 saturated carbocycles. The number of fused-ring (bicyclic) bond motifs is 1. The van der Waals surface area contributed by atoms with E-state index >= 15 is 0 Å². The number of ether oxygens (including phenoxy) is 2. The summed E-state index contributed by atoms with van der Waals surface area (Å²) in [5.74, 6) is 6.77. The van der Waals surface area contributed by atoms with E-state index in [4.69, 9.17) is 9.47 Å². The van der Waals surface area contributed by atoms with Crippen LogP contribution in [0.5, 0.6) is 11.5 Å². The summed E-state index contributed by atoms with van der Waals surface area (Å²) in [6.07, 6.45) is 1.06. The van der Waals surface area contributed by atoms with Crippen molar-refractivity contribution in [3.63, 3.8) is 0 Å². The van der Waals surface area contributed by atoms with Crippen molar-refractivity contribution in [2.45, 2.75) is 46.1 Å². The summed E-state index contributed by atoms with van der Waals surface area (Å²) in [5.41, 5.74) is 4.05. The molecule has 6 heteroatoms. The van der Waals surface area contributed by atoms with Crippen molar-refractivity contribution in [3.05, 3.63) is 53.1 Å². The Morgan fingerprint density at radius 3 is 2.82 bits per heavy atom. The number of aryl methyl sites for hydroxylation is 2. The van der Waals surface area contributed by atoms with Crippen LogP contribution in [0.4, 0.5) is 5.69 Å². The van der Waals surface area contributed by atoms with E-state index in [-0.39, 0.29) is 42.9 Å². The first-order valence-electron chi connectivity index (χ1n) is 11.3. The minimum Gasteiger partial charge on any atom is -0.483 e. The molecule has 1 unspecified atom stereocenters. The molecule has 2 heterocycles. The number of amides is 2. The summed E-state index contributed by atoms with van der Waals surface area (Å²) in [6.45, 7) is 8.97. The third kappa shape index (κ3) is 5.14. The standard InChI is InChI=1S/C27H30N2O4/c1-18-10-11-22(14-19(18)2)29-17-21(15-24(29)30)26(31)28-12-5-6-13-32-23-9-7-8-20-16-27(3,4)33-25(20)23/h7-11,14,21H,12-13,15-17H2,1-4H3,(H,28,31). The molecule has 2 aromatic rings. The number of hydrogen-bond acceptors (Lipinski definition) is 4. The van der Waals surface area contributed by atoms with Crippen LogP contribution in [0.1, 0.15) is 37.0 Å². The van der Waals surface area contributed by atoms with E-state index < -0.39 is 0 Å². The predicted molar refractivity (Wildman–Crippen MR) is 128 cm³/mol. The molecule has 2 aromatic carbocycles. The van der Waals surface area contributed by atoms with Gasteiger partial charge in [0, 0.05) is 30.6 Å². The van der Waals surface area contributed by atoms with Gasteiger partial charge in [0.15, 0.2) is 11.5 Å². The Bertz CT molecular complexity index is 1140. The second-order valence-electron chi connectivity index (χ2n) is 9.32. The van der Waals surface area contributed by atoms with Gasteiger partial charge < -0.3 is 19.7 Å². The lowest BCUT2D eigenvalue weighted by atomic mass is 10.0. The fourth-order valence-corrected chi connectivity index (χ4v) is 4.23. The first-order chi connectivity index (χ1) is 15.7. The van der Waals surface area contributed by atoms with Crippen molar-refractivity contribution >= 4 is 17.5 Å². The van der Waals surface area contributed by atoms with Crippen LogP contribution < -0.4 is 19.7 Å². The summed E-state index contributed by atoms with van der Waals surface area (Å²) in [5, 5.41) is 2.82. The lowest BCUT2D eigenvalue weighted by Crippen LogP contribution is -2.33. The Kier molecular flexibility index (Phi) is 6.33. The SMILES string of the molecule is Cc1ccc(N2CC(C(=O)NCC#CCOc3cccc4c3OC(C)(C)C4)CC2=O)cc1C. The van der Waals surface area contributed by atoms with E-state index in [1.807, 2.05) is 50.2 Å². The number of carbonyl (C=O) groups is 2. The minimum absolute atomic E-state index is 0.0290. The topological polar surface area (TPSA) is 67.9 Å². The molecule has 1 fully saturated rings. The van der Waals surface area contributed by atoms with Crippen LogP contribution in [-0.4, -0.2) is 37.1 Å². The number of hydrogen-bond donors (Lipinski definition) is 1. The number of carbonyl (C=O) groups excluding carboxylic acids is 2. The number of nitrogens with one attached hydrogen (secondary N) is 1. The Morgan fingerprint density at radius 2 is 2.03 bits per heavy atom. The quantitative estimate of drug-likeness (QED) is 0.713. The highest BCUT2D eigenvalue weighted by Gasteiger charge is 2.35. The highest BCUT2D eigenvalue weighted by molar-refractivity contribution is 6.00. The molecule has 0 bridgehead atoms. The molecule has 0 radical (unpaired) electrons. The molecule has 2 aliphatic rings. The molecule has 0 aromatic heterocycles. The van der Waals surface area contributed by atoms with Crippen LogP contribution >= 0.6 is 0 Å². The summed E-state index contributed by atoms with van der Waals surface area (Å²) in [4.78, 5) is 26.7. The highest BCUT2D eigenvalue weighted by atomic mass is 16.5. The van der Waals surface area contributed by atoms with E-state index in [9.17, 15) is 9.59 Å². The summed E-state index contributed by atoms with van der Waals surface area (Å²) in [6, 6.07) is 11.8. The molecule has 4 rings (SSSR count). The van der Waals surface area contributed by atoms with E-state index in [1.54, 1.807) is 4.90 Å². The van der Waals surface area contributed by atoms with Gasteiger partial charge in [-0.15, -0.1) is 0 Å². The number of benzene rings is 2. The normalized spacial score (nSPS) is 18.2. The fraction of sp³-hybridized carbons (Fsp3) is 0.407. The number of nitrogens with zero attached hydrogens (tertiary/aromatic N) is 1. The summed E-state index contributed by atoms with van der Waals surface area (Å²) in [7, 11) is 0. The van der Waals surface area contributed by atoms with Crippen LogP contribution in [0.15, 0.2) is 36.4 Å². The second kappa shape index (κ2) is 9.19. The van der Waals surface area contributed by atoms with Gasteiger partial charge >= 0.3 is 0 Å². The smallest absolute Gasteiger partial charge is 0.227 e. The fourth-order valence-electron chi connectivity index (χ4n) is 4.23. The van der Waals surface area contributed by atoms with Gasteiger partial charge in [-0.3, -0.25) is 9.59 Å². The third-order valence-corrected chi connectivity index (χ3v) is 6.13. The summed E-state index contributed by atoms with van der Waals surface area (Å²) < 4.78 is 11.8. The van der Waals surface area contributed by atoms with Crippen LogP contribution in [0.3, 0.4) is 0 Å². The third-order valence-electron chi connectivity index (χ3n) is 6.13. The van der Waals surface area contributed by atoms with Gasteiger partial charge in [0.1, 0.15) is 12.2 Å². The highest BCUT2D eigenvalue weighted by Crippen LogP contribution is 2.41. The molecule has 1 atom stereocenters. The monoisotopic (exact) mass is 446 g/mol. The maximum absolute atomic E-state index is 12.5. The Balaban J connectivity index is 1.25. The van der Waals surface area contributed by atoms with Crippen molar-refractivity contribution in [2.24, 2.45) is 5.92 Å². The maximum atomic E-state index is 12.5. The molecule has 0 spiro atoms. The van der Waals surface area contributed by atoms with E-state index in [0.717, 1.165) is 29.0 Å². The molecule has 2 amide bonds. The van der Waals surface area contributed by atoms with Gasteiger partial charge in [-0.05, 0) is 57.0 Å². The molecule has 6 nitrogen and oxygen atoms in total. The largest absolute Gasteiger partial charge is 0.483 e. The van der Waals surface area contributed by atoms with Crippen molar-refractivity contribution in [1.82, 2.24) is 5.32 Å². The first kappa shape index (κ1) is 22.7. The van der Waals surface area contributed by atoms with Crippen LogP contribution in [-0.2, 0) is 16.0 Å². The van der Waals surface area contributed by atoms with E-state index in [0.29, 0.717) is 12.3 Å². The molecule has 0 aliphatic carbocycles. The lowest BCUT2D eigenvalue weighted by Gasteiger charge is -2.18. The van der Waals surface area contributed by atoms with Crippen LogP contribution in [0.2, 0.25) is 0 Å². The number of anilines is 1. The van der Waals surface area contributed by atoms with Crippen LogP contribution in [0, 0.1) is 31.6 Å². The van der Waals surface area contributed by atoms with Crippen molar-refractivity contribution in [1.29, 1.82) is 0 Å². The molecule has 2 aliphatic heterocycles.